The van der Waals surface area contributed by atoms with Gasteiger partial charge >= 0.3 is 8.93 Å². The fraction of sp³-hybridized carbons (Fsp3) is 1.00. The lowest BCUT2D eigenvalue weighted by Gasteiger charge is -2.06. The van der Waals surface area contributed by atoms with Crippen LogP contribution in [-0.4, -0.2) is 38.6 Å². The van der Waals surface area contributed by atoms with Gasteiger partial charge in [0.25, 0.3) is 0 Å². The molecule has 0 saturated carbocycles. The Morgan fingerprint density at radius 3 is 2.44 bits per heavy atom. The number of hydrogen-bond acceptors (Lipinski definition) is 4. The Balaban J connectivity index is 3.54. The Hall–Kier alpha value is -0.303. The topological polar surface area (TPSA) is 76.0 Å². The second kappa shape index (κ2) is 4.56. The maximum atomic E-state index is 10.1. The summed E-state index contributed by atoms with van der Waals surface area (Å²) in [7, 11) is -1.62. The summed E-state index contributed by atoms with van der Waals surface area (Å²) in [6.07, 6.45) is 0. The summed E-state index contributed by atoms with van der Waals surface area (Å²) in [6, 6.07) is 0. The fourth-order valence-corrected chi connectivity index (χ4v) is 0.727. The van der Waals surface area contributed by atoms with Gasteiger partial charge in [-0.05, 0) is 0 Å². The van der Waals surface area contributed by atoms with Gasteiger partial charge in [0.1, 0.15) is 6.79 Å². The minimum Gasteiger partial charge on any atom is -0.537 e. The highest BCUT2D eigenvalue weighted by Crippen LogP contribution is 1.88. The average Bonchev–Trinajstić information content (AvgIpc) is 1.82. The van der Waals surface area contributed by atoms with Gasteiger partial charge in [-0.2, -0.15) is 0 Å². The monoisotopic (exact) mass is 152 g/mol. The number of ether oxygens (including phenoxy) is 2. The molecule has 0 amide bonds. The van der Waals surface area contributed by atoms with Crippen LogP contribution in [0.1, 0.15) is 0 Å². The Kier molecular flexibility index (Phi) is 4.41. The van der Waals surface area contributed by atoms with Gasteiger partial charge in [-0.15, -0.1) is 0 Å². The van der Waals surface area contributed by atoms with E-state index in [2.05, 4.69) is 9.47 Å². The van der Waals surface area contributed by atoms with Crippen LogP contribution in [0.25, 0.3) is 0 Å². The molecule has 0 aromatic heterocycles. The summed E-state index contributed by atoms with van der Waals surface area (Å²) in [5.41, 5.74) is 0. The lowest BCUT2D eigenvalue weighted by molar-refractivity contribution is -0.132. The molecule has 0 radical (unpaired) electrons. The van der Waals surface area contributed by atoms with E-state index < -0.39 is 21.6 Å². The second-order valence-corrected chi connectivity index (χ2v) is 2.35. The predicted molar refractivity (Wildman–Crippen MR) is 27.6 cm³/mol. The summed E-state index contributed by atoms with van der Waals surface area (Å²) < 4.78 is 18.8. The fourth-order valence-electron chi connectivity index (χ4n) is 0.308. The predicted octanol–water partition coefficient (Wildman–Crippen LogP) is -1.62. The first-order valence-corrected chi connectivity index (χ1v) is 3.63. The van der Waals surface area contributed by atoms with Gasteiger partial charge in [0.15, 0.2) is 0 Å². The molecule has 6 heteroatoms. The zero-order valence-electron chi connectivity index (χ0n) is 4.90. The number of aliphatic hydroxyl groups excluding tert-OH is 1. The van der Waals surface area contributed by atoms with Crippen molar-refractivity contribution in [3.8, 4) is 0 Å². The highest BCUT2D eigenvalue weighted by molar-refractivity contribution is 6.34. The molecule has 5 nitrogen and oxygen atoms in total. The summed E-state index contributed by atoms with van der Waals surface area (Å²) in [6.45, 7) is -0.616. The average molecular weight is 152 g/mol. The number of methoxy groups -OCH3 is 1. The zero-order valence-corrected chi connectivity index (χ0v) is 5.90. The number of hydrogen-bond donors (Lipinski definition) is 2. The highest BCUT2D eigenvalue weighted by atomic mass is 28.3. The highest BCUT2D eigenvalue weighted by Gasteiger charge is 2.19. The van der Waals surface area contributed by atoms with Crippen molar-refractivity contribution in [3.05, 3.63) is 0 Å². The van der Waals surface area contributed by atoms with Crippen molar-refractivity contribution >= 4 is 8.93 Å². The first-order chi connectivity index (χ1) is 4.22. The molecule has 0 aliphatic heterocycles. The third-order valence-corrected chi connectivity index (χ3v) is 1.45. The molecule has 0 heterocycles. The molecule has 0 spiro atoms. The minimum absolute atomic E-state index is 0.616. The van der Waals surface area contributed by atoms with E-state index in [4.69, 9.17) is 9.90 Å². The summed E-state index contributed by atoms with van der Waals surface area (Å²) in [5.74, 6) is -1.18. The van der Waals surface area contributed by atoms with Crippen molar-refractivity contribution in [2.24, 2.45) is 0 Å². The molecule has 1 unspecified atom stereocenters. The van der Waals surface area contributed by atoms with Gasteiger partial charge in [0, 0.05) is 7.11 Å². The van der Waals surface area contributed by atoms with E-state index in [0.717, 1.165) is 0 Å². The Morgan fingerprint density at radius 1 is 1.78 bits per heavy atom. The number of aliphatic hydroxyl groups is 1. The first kappa shape index (κ1) is 8.70. The van der Waals surface area contributed by atoms with Crippen molar-refractivity contribution in [1.82, 2.24) is 0 Å². The molecule has 2 N–H and O–H groups in total. The lowest BCUT2D eigenvalue weighted by Crippen LogP contribution is -2.28. The molecule has 9 heavy (non-hydrogen) atoms. The minimum atomic E-state index is -2.84. The van der Waals surface area contributed by atoms with Crippen LogP contribution in [-0.2, 0) is 13.9 Å². The second-order valence-electron chi connectivity index (χ2n) is 1.20. The van der Waals surface area contributed by atoms with E-state index in [1.807, 2.05) is 0 Å². The molecule has 54 valence electrons. The van der Waals surface area contributed by atoms with Crippen LogP contribution in [0.4, 0.5) is 0 Å². The molecule has 0 fully saturated rings. The molecular formula is C3H8O5Si. The zero-order chi connectivity index (χ0) is 7.28. The van der Waals surface area contributed by atoms with Gasteiger partial charge in [-0.25, -0.2) is 0 Å². The Bertz CT molecular complexity index is 94.2. The maximum absolute atomic E-state index is 10.1. The van der Waals surface area contributed by atoms with Gasteiger partial charge in [-0.1, -0.05) is 0 Å². The SMILES string of the molecule is COC(OCO)[Si](=O)O. The number of rotatable bonds is 4. The molecule has 0 aromatic carbocycles. The van der Waals surface area contributed by atoms with Gasteiger partial charge in [0.2, 0.25) is 5.91 Å². The van der Waals surface area contributed by atoms with Crippen LogP contribution in [0.3, 0.4) is 0 Å². The van der Waals surface area contributed by atoms with Gasteiger partial charge in [0.05, 0.1) is 0 Å². The molecule has 0 aliphatic carbocycles. The van der Waals surface area contributed by atoms with Crippen LogP contribution in [0.5, 0.6) is 0 Å². The Labute approximate surface area is 53.6 Å². The van der Waals surface area contributed by atoms with Crippen LogP contribution in [0.2, 0.25) is 0 Å². The van der Waals surface area contributed by atoms with Gasteiger partial charge in [-0.3, -0.25) is 0 Å². The first-order valence-electron chi connectivity index (χ1n) is 2.20. The maximum Gasteiger partial charge on any atom is 0.560 e. The molecule has 0 saturated heterocycles. The van der Waals surface area contributed by atoms with Crippen molar-refractivity contribution < 1.29 is 23.8 Å². The molecule has 1 atom stereocenters. The quantitative estimate of drug-likeness (QED) is 0.374. The summed E-state index contributed by atoms with van der Waals surface area (Å²) >= 11 is 0. The van der Waals surface area contributed by atoms with E-state index in [1.165, 1.54) is 7.11 Å². The smallest absolute Gasteiger partial charge is 0.537 e. The van der Waals surface area contributed by atoms with Crippen LogP contribution >= 0.6 is 0 Å². The Morgan fingerprint density at radius 2 is 2.33 bits per heavy atom. The normalized spacial score (nSPS) is 13.1. The summed E-state index contributed by atoms with van der Waals surface area (Å²) in [5, 5.41) is 8.08. The molecular weight excluding hydrogens is 144 g/mol. The van der Waals surface area contributed by atoms with E-state index in [0.29, 0.717) is 0 Å². The van der Waals surface area contributed by atoms with E-state index in [9.17, 15) is 4.46 Å². The van der Waals surface area contributed by atoms with Crippen LogP contribution in [0, 0.1) is 0 Å². The lowest BCUT2D eigenvalue weighted by atomic mass is 11.3. The third kappa shape index (κ3) is 3.30. The van der Waals surface area contributed by atoms with Crippen molar-refractivity contribution in [2.45, 2.75) is 5.91 Å². The van der Waals surface area contributed by atoms with E-state index in [1.54, 1.807) is 0 Å². The molecule has 0 bridgehead atoms. The molecule has 0 rings (SSSR count). The third-order valence-electron chi connectivity index (χ3n) is 0.642. The van der Waals surface area contributed by atoms with E-state index >= 15 is 0 Å². The van der Waals surface area contributed by atoms with Crippen molar-refractivity contribution in [3.63, 3.8) is 0 Å². The van der Waals surface area contributed by atoms with Crippen LogP contribution in [0.15, 0.2) is 0 Å². The van der Waals surface area contributed by atoms with E-state index in [-0.39, 0.29) is 0 Å². The summed E-state index contributed by atoms with van der Waals surface area (Å²) in [4.78, 5) is 8.33. The van der Waals surface area contributed by atoms with Crippen molar-refractivity contribution in [2.75, 3.05) is 13.9 Å². The van der Waals surface area contributed by atoms with Crippen LogP contribution < -0.4 is 0 Å². The molecule has 0 aliphatic rings. The van der Waals surface area contributed by atoms with Crippen molar-refractivity contribution in [1.29, 1.82) is 0 Å². The van der Waals surface area contributed by atoms with Gasteiger partial charge < -0.3 is 23.8 Å². The molecule has 0 aromatic rings. The largest absolute Gasteiger partial charge is 0.560 e. The standard InChI is InChI=1S/C3H8O5Si/c1-7-3(8-2-4)9(5)6/h3-5H,2H2,1H3.